The summed E-state index contributed by atoms with van der Waals surface area (Å²) < 4.78 is 4.59. The van der Waals surface area contributed by atoms with Crippen LogP contribution in [0, 0.1) is 5.92 Å². The van der Waals surface area contributed by atoms with E-state index in [1.165, 1.54) is 7.11 Å². The molecule has 0 spiro atoms. The van der Waals surface area contributed by atoms with Gasteiger partial charge in [-0.2, -0.15) is 0 Å². The maximum Gasteiger partial charge on any atom is 0.309 e. The second-order valence-electron chi connectivity index (χ2n) is 4.61. The molecular formula is C14H21NO5. The highest BCUT2D eigenvalue weighted by Gasteiger charge is 2.36. The molecule has 1 N–H and O–H groups in total. The number of carbonyl (C=O) groups excluding carboxylic acids is 3. The largest absolute Gasteiger partial charge is 0.469 e. The first kappa shape index (κ1) is 16.4. The second kappa shape index (κ2) is 7.79. The Morgan fingerprint density at radius 2 is 1.85 bits per heavy atom. The molecular weight excluding hydrogens is 262 g/mol. The Kier molecular flexibility index (Phi) is 6.38. The normalized spacial score (nSPS) is 18.9. The van der Waals surface area contributed by atoms with Crippen molar-refractivity contribution in [1.29, 1.82) is 0 Å². The molecule has 1 fully saturated rings. The minimum Gasteiger partial charge on any atom is -0.469 e. The molecule has 1 aliphatic rings. The van der Waals surface area contributed by atoms with E-state index in [4.69, 9.17) is 4.84 Å². The third-order valence-electron chi connectivity index (χ3n) is 3.10. The highest BCUT2D eigenvalue weighted by atomic mass is 16.6. The molecule has 0 unspecified atom stereocenters. The Balaban J connectivity index is 2.96. The van der Waals surface area contributed by atoms with Crippen LogP contribution in [0.4, 0.5) is 0 Å². The number of hydrogen-bond donors (Lipinski definition) is 1. The van der Waals surface area contributed by atoms with Crippen molar-refractivity contribution in [2.24, 2.45) is 5.92 Å². The molecule has 20 heavy (non-hydrogen) atoms. The molecule has 0 amide bonds. The fourth-order valence-electron chi connectivity index (χ4n) is 2.19. The number of esters is 1. The third kappa shape index (κ3) is 3.90. The lowest BCUT2D eigenvalue weighted by Crippen LogP contribution is -2.34. The topological polar surface area (TPSA) is 81.7 Å². The fraction of sp³-hybridized carbons (Fsp3) is 0.643. The summed E-state index contributed by atoms with van der Waals surface area (Å²) in [5, 5.41) is 0. The van der Waals surface area contributed by atoms with Crippen molar-refractivity contribution >= 4 is 17.5 Å². The molecule has 0 aromatic heterocycles. The van der Waals surface area contributed by atoms with Crippen molar-refractivity contribution < 1.29 is 24.0 Å². The summed E-state index contributed by atoms with van der Waals surface area (Å²) >= 11 is 0. The number of Topliss-reactive ketones (excluding diaryl/α,β-unsaturated/α-hetero) is 2. The standard InChI is InChI=1S/C14H21NO5/c1-4-6-10(15-20-5-2)13-11(16)7-9(8-12(13)17)14(18)19-3/h9,15H,4-8H2,1-3H3. The molecule has 6 nitrogen and oxygen atoms in total. The van der Waals surface area contributed by atoms with Gasteiger partial charge in [-0.3, -0.25) is 24.7 Å². The van der Waals surface area contributed by atoms with E-state index in [9.17, 15) is 14.4 Å². The molecule has 6 heteroatoms. The molecule has 1 saturated carbocycles. The SMILES string of the molecule is CCCC(NOCC)=C1C(=O)CC(C(=O)OC)CC1=O. The van der Waals surface area contributed by atoms with E-state index in [0.717, 1.165) is 6.42 Å². The highest BCUT2D eigenvalue weighted by Crippen LogP contribution is 2.26. The Morgan fingerprint density at radius 1 is 1.25 bits per heavy atom. The van der Waals surface area contributed by atoms with Gasteiger partial charge in [0.15, 0.2) is 11.6 Å². The van der Waals surface area contributed by atoms with Crippen LogP contribution >= 0.6 is 0 Å². The summed E-state index contributed by atoms with van der Waals surface area (Å²) in [4.78, 5) is 40.8. The summed E-state index contributed by atoms with van der Waals surface area (Å²) in [6.45, 7) is 4.18. The predicted molar refractivity (Wildman–Crippen MR) is 71.4 cm³/mol. The first-order chi connectivity index (χ1) is 9.54. The molecule has 0 aromatic carbocycles. The highest BCUT2D eigenvalue weighted by molar-refractivity contribution is 6.23. The monoisotopic (exact) mass is 283 g/mol. The summed E-state index contributed by atoms with van der Waals surface area (Å²) in [5.41, 5.74) is 3.33. The van der Waals surface area contributed by atoms with Gasteiger partial charge in [0.25, 0.3) is 0 Å². The Bertz CT molecular complexity index is 407. The maximum absolute atomic E-state index is 12.1. The summed E-state index contributed by atoms with van der Waals surface area (Å²) in [6, 6.07) is 0. The summed E-state index contributed by atoms with van der Waals surface area (Å²) in [7, 11) is 1.25. The van der Waals surface area contributed by atoms with Gasteiger partial charge in [0.2, 0.25) is 0 Å². The Hall–Kier alpha value is -1.69. The van der Waals surface area contributed by atoms with Crippen LogP contribution in [-0.2, 0) is 24.0 Å². The van der Waals surface area contributed by atoms with Crippen LogP contribution in [0.1, 0.15) is 39.5 Å². The molecule has 0 aromatic rings. The Morgan fingerprint density at radius 3 is 2.30 bits per heavy atom. The van der Waals surface area contributed by atoms with Crippen molar-refractivity contribution in [3.05, 3.63) is 11.3 Å². The van der Waals surface area contributed by atoms with Crippen LogP contribution in [0.25, 0.3) is 0 Å². The zero-order chi connectivity index (χ0) is 15.1. The lowest BCUT2D eigenvalue weighted by Gasteiger charge is -2.22. The molecule has 1 rings (SSSR count). The number of ketones is 2. The van der Waals surface area contributed by atoms with Crippen molar-refractivity contribution in [3.63, 3.8) is 0 Å². The molecule has 0 heterocycles. The van der Waals surface area contributed by atoms with E-state index in [-0.39, 0.29) is 30.0 Å². The van der Waals surface area contributed by atoms with Crippen LogP contribution in [0.3, 0.4) is 0 Å². The van der Waals surface area contributed by atoms with Gasteiger partial charge >= 0.3 is 5.97 Å². The number of allylic oxidation sites excluding steroid dienone is 2. The zero-order valence-electron chi connectivity index (χ0n) is 12.2. The van der Waals surface area contributed by atoms with E-state index in [1.807, 2.05) is 6.92 Å². The minimum atomic E-state index is -0.668. The fourth-order valence-corrected chi connectivity index (χ4v) is 2.19. The number of hydrogen-bond acceptors (Lipinski definition) is 6. The number of nitrogens with one attached hydrogen (secondary N) is 1. The molecule has 0 atom stereocenters. The number of rotatable bonds is 6. The molecule has 0 saturated heterocycles. The smallest absolute Gasteiger partial charge is 0.309 e. The van der Waals surface area contributed by atoms with Gasteiger partial charge in [-0.15, -0.1) is 0 Å². The number of carbonyl (C=O) groups is 3. The minimum absolute atomic E-state index is 0.00870. The van der Waals surface area contributed by atoms with E-state index in [1.54, 1.807) is 6.92 Å². The first-order valence-corrected chi connectivity index (χ1v) is 6.80. The number of hydroxylamine groups is 1. The Labute approximate surface area is 118 Å². The number of ether oxygens (including phenoxy) is 1. The maximum atomic E-state index is 12.1. The third-order valence-corrected chi connectivity index (χ3v) is 3.10. The molecule has 0 aliphatic heterocycles. The van der Waals surface area contributed by atoms with Gasteiger partial charge in [0, 0.05) is 12.8 Å². The molecule has 1 aliphatic carbocycles. The van der Waals surface area contributed by atoms with Crippen molar-refractivity contribution in [3.8, 4) is 0 Å². The number of methoxy groups -OCH3 is 1. The van der Waals surface area contributed by atoms with Crippen LogP contribution in [0.15, 0.2) is 11.3 Å². The molecule has 0 radical (unpaired) electrons. The quantitative estimate of drug-likeness (QED) is 0.342. The summed E-state index contributed by atoms with van der Waals surface area (Å²) in [6.07, 6.45) is 1.35. The average molecular weight is 283 g/mol. The second-order valence-corrected chi connectivity index (χ2v) is 4.61. The van der Waals surface area contributed by atoms with Crippen molar-refractivity contribution in [1.82, 2.24) is 5.48 Å². The van der Waals surface area contributed by atoms with Gasteiger partial charge in [-0.25, -0.2) is 0 Å². The van der Waals surface area contributed by atoms with E-state index >= 15 is 0 Å². The van der Waals surface area contributed by atoms with E-state index < -0.39 is 11.9 Å². The van der Waals surface area contributed by atoms with Crippen LogP contribution < -0.4 is 5.48 Å². The molecule has 0 bridgehead atoms. The van der Waals surface area contributed by atoms with Crippen LogP contribution in [0.2, 0.25) is 0 Å². The average Bonchev–Trinajstić information content (AvgIpc) is 2.42. The first-order valence-electron chi connectivity index (χ1n) is 6.80. The van der Waals surface area contributed by atoms with Gasteiger partial charge in [-0.05, 0) is 13.3 Å². The van der Waals surface area contributed by atoms with Gasteiger partial charge in [0.05, 0.1) is 30.9 Å². The van der Waals surface area contributed by atoms with Gasteiger partial charge in [-0.1, -0.05) is 13.3 Å². The van der Waals surface area contributed by atoms with Gasteiger partial charge in [0.1, 0.15) is 0 Å². The van der Waals surface area contributed by atoms with Crippen LogP contribution in [-0.4, -0.2) is 31.3 Å². The summed E-state index contributed by atoms with van der Waals surface area (Å²) in [5.74, 6) is -1.83. The van der Waals surface area contributed by atoms with E-state index in [2.05, 4.69) is 10.2 Å². The van der Waals surface area contributed by atoms with E-state index in [0.29, 0.717) is 18.7 Å². The zero-order valence-corrected chi connectivity index (χ0v) is 12.2. The lowest BCUT2D eigenvalue weighted by atomic mass is 9.82. The van der Waals surface area contributed by atoms with Gasteiger partial charge < -0.3 is 4.74 Å². The van der Waals surface area contributed by atoms with Crippen molar-refractivity contribution in [2.75, 3.05) is 13.7 Å². The van der Waals surface area contributed by atoms with Crippen molar-refractivity contribution in [2.45, 2.75) is 39.5 Å². The molecule has 112 valence electrons. The van der Waals surface area contributed by atoms with Crippen LogP contribution in [0.5, 0.6) is 0 Å². The predicted octanol–water partition coefficient (Wildman–Crippen LogP) is 1.30. The lowest BCUT2D eigenvalue weighted by molar-refractivity contribution is -0.149.